The van der Waals surface area contributed by atoms with Gasteiger partial charge in [-0.1, -0.05) is 6.07 Å². The molecular formula is C27H32F5N3O2. The van der Waals surface area contributed by atoms with Crippen LogP contribution in [0, 0.1) is 11.7 Å². The number of benzene rings is 1. The number of aryl methyl sites for hydroxylation is 1. The van der Waals surface area contributed by atoms with Crippen molar-refractivity contribution in [1.82, 2.24) is 14.8 Å². The van der Waals surface area contributed by atoms with E-state index in [1.165, 1.54) is 17.0 Å². The maximum Gasteiger partial charge on any atom is 0.423 e. The summed E-state index contributed by atoms with van der Waals surface area (Å²) in [5.41, 5.74) is -1.27. The SMILES string of the molecule is CC(F)(CN1CCC(CCc2ccc(-c3ccc(C(=O)N4CCC(O)C4)cc3F)nc2)CC1)C(F)(F)F. The summed E-state index contributed by atoms with van der Waals surface area (Å²) in [5.74, 6) is -0.519. The van der Waals surface area contributed by atoms with E-state index in [1.807, 2.05) is 6.07 Å². The zero-order valence-electron chi connectivity index (χ0n) is 20.8. The number of likely N-dealkylation sites (tertiary alicyclic amines) is 2. The van der Waals surface area contributed by atoms with Crippen molar-refractivity contribution in [2.45, 2.75) is 57.0 Å². The van der Waals surface area contributed by atoms with E-state index in [9.17, 15) is 31.9 Å². The number of piperidine rings is 1. The van der Waals surface area contributed by atoms with Crippen LogP contribution in [-0.4, -0.2) is 76.5 Å². The minimum Gasteiger partial charge on any atom is -0.391 e. The highest BCUT2D eigenvalue weighted by molar-refractivity contribution is 5.95. The molecule has 2 aliphatic heterocycles. The number of aliphatic hydroxyl groups excluding tert-OH is 1. The van der Waals surface area contributed by atoms with Crippen LogP contribution in [0.5, 0.6) is 0 Å². The first-order valence-corrected chi connectivity index (χ1v) is 12.6. The van der Waals surface area contributed by atoms with Crippen LogP contribution in [0.4, 0.5) is 22.0 Å². The fraction of sp³-hybridized carbons (Fsp3) is 0.556. The number of aliphatic hydroxyl groups is 1. The van der Waals surface area contributed by atoms with Gasteiger partial charge < -0.3 is 10.0 Å². The van der Waals surface area contributed by atoms with Crippen LogP contribution in [0.2, 0.25) is 0 Å². The van der Waals surface area contributed by atoms with Crippen LogP contribution < -0.4 is 0 Å². The molecule has 0 spiro atoms. The van der Waals surface area contributed by atoms with E-state index < -0.39 is 30.3 Å². The zero-order valence-corrected chi connectivity index (χ0v) is 20.8. The van der Waals surface area contributed by atoms with Crippen LogP contribution >= 0.6 is 0 Å². The third kappa shape index (κ3) is 6.65. The average Bonchev–Trinajstić information content (AvgIpc) is 3.29. The minimum atomic E-state index is -4.87. The summed E-state index contributed by atoms with van der Waals surface area (Å²) in [6.45, 7) is 1.53. The monoisotopic (exact) mass is 525 g/mol. The predicted molar refractivity (Wildman–Crippen MR) is 129 cm³/mol. The second kappa shape index (κ2) is 11.0. The van der Waals surface area contributed by atoms with Gasteiger partial charge in [-0.25, -0.2) is 8.78 Å². The van der Waals surface area contributed by atoms with Crippen molar-refractivity contribution in [3.05, 3.63) is 53.5 Å². The predicted octanol–water partition coefficient (Wildman–Crippen LogP) is 5.03. The van der Waals surface area contributed by atoms with Gasteiger partial charge in [-0.15, -0.1) is 0 Å². The number of rotatable bonds is 7. The number of hydrogen-bond acceptors (Lipinski definition) is 4. The quantitative estimate of drug-likeness (QED) is 0.516. The van der Waals surface area contributed by atoms with Gasteiger partial charge in [0.25, 0.3) is 5.91 Å². The highest BCUT2D eigenvalue weighted by Gasteiger charge is 2.52. The molecule has 37 heavy (non-hydrogen) atoms. The van der Waals surface area contributed by atoms with Gasteiger partial charge in [0.15, 0.2) is 0 Å². The van der Waals surface area contributed by atoms with Gasteiger partial charge >= 0.3 is 6.18 Å². The van der Waals surface area contributed by atoms with Gasteiger partial charge in [-0.3, -0.25) is 14.7 Å². The third-order valence-corrected chi connectivity index (χ3v) is 7.43. The van der Waals surface area contributed by atoms with E-state index >= 15 is 0 Å². The molecule has 202 valence electrons. The fourth-order valence-corrected chi connectivity index (χ4v) is 5.01. The molecule has 1 N–H and O–H groups in total. The van der Waals surface area contributed by atoms with Crippen LogP contribution in [0.1, 0.15) is 48.5 Å². The molecule has 3 heterocycles. The Morgan fingerprint density at radius 1 is 1.08 bits per heavy atom. The van der Waals surface area contributed by atoms with Crippen molar-refractivity contribution in [2.24, 2.45) is 5.92 Å². The number of amides is 1. The van der Waals surface area contributed by atoms with E-state index in [-0.39, 0.29) is 23.6 Å². The molecule has 0 bridgehead atoms. The summed E-state index contributed by atoms with van der Waals surface area (Å²) < 4.78 is 67.1. The Kier molecular flexibility index (Phi) is 8.18. The van der Waals surface area contributed by atoms with E-state index in [2.05, 4.69) is 4.98 Å². The molecule has 2 unspecified atom stereocenters. The Morgan fingerprint density at radius 3 is 2.38 bits per heavy atom. The Morgan fingerprint density at radius 2 is 1.81 bits per heavy atom. The van der Waals surface area contributed by atoms with Gasteiger partial charge in [0.2, 0.25) is 5.67 Å². The summed E-state index contributed by atoms with van der Waals surface area (Å²) in [6.07, 6.45) is -0.202. The van der Waals surface area contributed by atoms with Crippen molar-refractivity contribution in [1.29, 1.82) is 0 Å². The lowest BCUT2D eigenvalue weighted by atomic mass is 9.90. The van der Waals surface area contributed by atoms with Crippen LogP contribution in [0.25, 0.3) is 11.3 Å². The average molecular weight is 526 g/mol. The van der Waals surface area contributed by atoms with Crippen molar-refractivity contribution in [3.8, 4) is 11.3 Å². The van der Waals surface area contributed by atoms with Gasteiger partial charge in [-0.2, -0.15) is 13.2 Å². The normalized spacial score (nSPS) is 21.3. The molecule has 10 heteroatoms. The number of hydrogen-bond donors (Lipinski definition) is 1. The summed E-state index contributed by atoms with van der Waals surface area (Å²) >= 11 is 0. The first-order chi connectivity index (χ1) is 17.4. The molecule has 1 aromatic carbocycles. The zero-order chi connectivity index (χ0) is 26.8. The van der Waals surface area contributed by atoms with Gasteiger partial charge in [0.1, 0.15) is 5.82 Å². The maximum atomic E-state index is 14.8. The molecular weight excluding hydrogens is 493 g/mol. The summed E-state index contributed by atoms with van der Waals surface area (Å²) in [5, 5.41) is 9.62. The summed E-state index contributed by atoms with van der Waals surface area (Å²) in [6, 6.07) is 7.90. The summed E-state index contributed by atoms with van der Waals surface area (Å²) in [7, 11) is 0. The lowest BCUT2D eigenvalue weighted by Crippen LogP contribution is -2.50. The Bertz CT molecular complexity index is 1080. The van der Waals surface area contributed by atoms with Crippen LogP contribution in [0.15, 0.2) is 36.5 Å². The second-order valence-electron chi connectivity index (χ2n) is 10.4. The van der Waals surface area contributed by atoms with E-state index in [4.69, 9.17) is 0 Å². The first-order valence-electron chi connectivity index (χ1n) is 12.6. The van der Waals surface area contributed by atoms with E-state index in [0.717, 1.165) is 18.4 Å². The smallest absolute Gasteiger partial charge is 0.391 e. The van der Waals surface area contributed by atoms with Crippen molar-refractivity contribution < 1.29 is 31.9 Å². The molecule has 2 aliphatic rings. The van der Waals surface area contributed by atoms with E-state index in [0.29, 0.717) is 57.4 Å². The topological polar surface area (TPSA) is 56.7 Å². The number of aromatic nitrogens is 1. The molecule has 5 nitrogen and oxygen atoms in total. The molecule has 1 aromatic heterocycles. The Balaban J connectivity index is 1.27. The molecule has 0 aliphatic carbocycles. The van der Waals surface area contributed by atoms with Gasteiger partial charge in [-0.05, 0) is 87.9 Å². The third-order valence-electron chi connectivity index (χ3n) is 7.43. The number of halogens is 5. The molecule has 2 aromatic rings. The minimum absolute atomic E-state index is 0.229. The number of pyridine rings is 1. The van der Waals surface area contributed by atoms with Crippen molar-refractivity contribution in [2.75, 3.05) is 32.7 Å². The standard InChI is InChI=1S/C27H32F5N3O2/c1-26(29,27(30,31)32)17-34-11-8-18(9-12-34)2-3-19-4-7-24(33-15-19)22-6-5-20(14-23(22)28)25(37)35-13-10-21(36)16-35/h4-7,14-15,18,21,36H,2-3,8-13,16-17H2,1H3. The maximum absolute atomic E-state index is 14.8. The molecule has 1 amide bonds. The highest BCUT2D eigenvalue weighted by atomic mass is 19.4. The molecule has 2 atom stereocenters. The molecule has 2 saturated heterocycles. The van der Waals surface area contributed by atoms with Crippen molar-refractivity contribution in [3.63, 3.8) is 0 Å². The fourth-order valence-electron chi connectivity index (χ4n) is 5.01. The number of carbonyl (C=O) groups is 1. The lowest BCUT2D eigenvalue weighted by Gasteiger charge is -2.36. The molecule has 0 saturated carbocycles. The molecule has 0 radical (unpaired) electrons. The number of alkyl halides is 4. The van der Waals surface area contributed by atoms with Gasteiger partial charge in [0.05, 0.1) is 11.8 Å². The number of nitrogens with zero attached hydrogens (tertiary/aromatic N) is 3. The van der Waals surface area contributed by atoms with E-state index in [1.54, 1.807) is 23.2 Å². The molecule has 2 fully saturated rings. The van der Waals surface area contributed by atoms with Crippen molar-refractivity contribution >= 4 is 5.91 Å². The first kappa shape index (κ1) is 27.4. The van der Waals surface area contributed by atoms with Gasteiger partial charge in [0, 0.05) is 37.0 Å². The lowest BCUT2D eigenvalue weighted by molar-refractivity contribution is -0.229. The molecule has 4 rings (SSSR count). The number of β-amino-alcohol motifs (C(OH)–C–C–N with tert-alkyl or cyclic N) is 1. The van der Waals surface area contributed by atoms with Crippen LogP contribution in [-0.2, 0) is 6.42 Å². The largest absolute Gasteiger partial charge is 0.423 e. The highest BCUT2D eigenvalue weighted by Crippen LogP contribution is 2.35. The second-order valence-corrected chi connectivity index (χ2v) is 10.4. The summed E-state index contributed by atoms with van der Waals surface area (Å²) in [4.78, 5) is 20.0. The van der Waals surface area contributed by atoms with Crippen LogP contribution in [0.3, 0.4) is 0 Å². The Labute approximate surface area is 213 Å². The number of carbonyl (C=O) groups excluding carboxylic acids is 1. The Hall–Kier alpha value is -2.59.